The van der Waals surface area contributed by atoms with E-state index in [2.05, 4.69) is 13.5 Å². The minimum Gasteiger partial charge on any atom is -0.317 e. The molecule has 0 aliphatic rings. The van der Waals surface area contributed by atoms with Gasteiger partial charge in [-0.15, -0.1) is 0 Å². The fraction of sp³-hybridized carbons (Fsp3) is 0.700. The monoisotopic (exact) mass is 169 g/mol. The molecule has 2 nitrogen and oxygen atoms in total. The molecule has 0 aromatic rings. The highest BCUT2D eigenvalue weighted by atomic mass is 16.2. The molecule has 0 rings (SSSR count). The fourth-order valence-corrected chi connectivity index (χ4v) is 1.06. The van der Waals surface area contributed by atoms with Crippen LogP contribution in [0, 0.1) is 0 Å². The molecule has 0 saturated heterocycles. The molecule has 0 N–H and O–H groups in total. The first-order chi connectivity index (χ1) is 5.63. The van der Waals surface area contributed by atoms with Crippen molar-refractivity contribution in [2.24, 2.45) is 0 Å². The molecule has 70 valence electrons. The first kappa shape index (κ1) is 11.2. The third kappa shape index (κ3) is 3.56. The molecule has 0 atom stereocenters. The van der Waals surface area contributed by atoms with E-state index in [-0.39, 0.29) is 11.9 Å². The highest BCUT2D eigenvalue weighted by Crippen LogP contribution is 2.04. The van der Waals surface area contributed by atoms with Crippen LogP contribution in [0.15, 0.2) is 12.8 Å². The summed E-state index contributed by atoms with van der Waals surface area (Å²) in [5.74, 6) is 0.182. The van der Waals surface area contributed by atoms with Gasteiger partial charge in [0.05, 0.1) is 0 Å². The Morgan fingerprint density at radius 1 is 1.58 bits per heavy atom. The summed E-state index contributed by atoms with van der Waals surface area (Å²) in [7, 11) is 0. The van der Waals surface area contributed by atoms with Crippen LogP contribution in [-0.2, 0) is 4.79 Å². The summed E-state index contributed by atoms with van der Waals surface area (Å²) in [6, 6.07) is 0.229. The summed E-state index contributed by atoms with van der Waals surface area (Å²) in [6.07, 6.45) is 4.29. The predicted molar refractivity (Wildman–Crippen MR) is 51.7 cm³/mol. The lowest BCUT2D eigenvalue weighted by atomic mass is 10.2. The SMILES string of the molecule is C=CN(C(=O)CCCC)C(C)C. The molecule has 0 fully saturated rings. The zero-order valence-corrected chi connectivity index (χ0v) is 8.34. The Balaban J connectivity index is 3.94. The zero-order chi connectivity index (χ0) is 9.56. The Labute approximate surface area is 75.3 Å². The van der Waals surface area contributed by atoms with E-state index in [1.54, 1.807) is 11.1 Å². The second kappa shape index (κ2) is 5.81. The van der Waals surface area contributed by atoms with Crippen LogP contribution in [-0.4, -0.2) is 16.8 Å². The maximum absolute atomic E-state index is 11.4. The summed E-state index contributed by atoms with van der Waals surface area (Å²) < 4.78 is 0. The zero-order valence-electron chi connectivity index (χ0n) is 8.34. The number of hydrogen-bond acceptors (Lipinski definition) is 1. The van der Waals surface area contributed by atoms with E-state index >= 15 is 0 Å². The minimum absolute atomic E-state index is 0.182. The maximum atomic E-state index is 11.4. The van der Waals surface area contributed by atoms with Gasteiger partial charge in [-0.05, 0) is 26.5 Å². The number of amides is 1. The Hall–Kier alpha value is -0.790. The lowest BCUT2D eigenvalue weighted by molar-refractivity contribution is -0.130. The Morgan fingerprint density at radius 2 is 2.17 bits per heavy atom. The van der Waals surface area contributed by atoms with E-state index in [1.165, 1.54) is 0 Å². The van der Waals surface area contributed by atoms with Gasteiger partial charge >= 0.3 is 0 Å². The second-order valence-corrected chi connectivity index (χ2v) is 3.18. The van der Waals surface area contributed by atoms with Crippen LogP contribution in [0.3, 0.4) is 0 Å². The van der Waals surface area contributed by atoms with Crippen molar-refractivity contribution in [3.63, 3.8) is 0 Å². The van der Waals surface area contributed by atoms with Gasteiger partial charge in [0, 0.05) is 12.5 Å². The lowest BCUT2D eigenvalue weighted by Gasteiger charge is -2.21. The minimum atomic E-state index is 0.182. The van der Waals surface area contributed by atoms with Gasteiger partial charge < -0.3 is 4.90 Å². The van der Waals surface area contributed by atoms with E-state index < -0.39 is 0 Å². The van der Waals surface area contributed by atoms with Gasteiger partial charge in [-0.1, -0.05) is 19.9 Å². The van der Waals surface area contributed by atoms with E-state index in [0.717, 1.165) is 12.8 Å². The molecule has 12 heavy (non-hydrogen) atoms. The number of nitrogens with zero attached hydrogens (tertiary/aromatic N) is 1. The highest BCUT2D eigenvalue weighted by Gasteiger charge is 2.11. The molecule has 0 heterocycles. The van der Waals surface area contributed by atoms with Crippen molar-refractivity contribution in [3.8, 4) is 0 Å². The van der Waals surface area contributed by atoms with Crippen molar-refractivity contribution in [3.05, 3.63) is 12.8 Å². The second-order valence-electron chi connectivity index (χ2n) is 3.18. The largest absolute Gasteiger partial charge is 0.317 e. The summed E-state index contributed by atoms with van der Waals surface area (Å²) in [6.45, 7) is 9.68. The molecule has 0 unspecified atom stereocenters. The van der Waals surface area contributed by atoms with Crippen LogP contribution in [0.2, 0.25) is 0 Å². The van der Waals surface area contributed by atoms with Crippen LogP contribution >= 0.6 is 0 Å². The van der Waals surface area contributed by atoms with Crippen LogP contribution in [0.1, 0.15) is 40.0 Å². The van der Waals surface area contributed by atoms with E-state index in [4.69, 9.17) is 0 Å². The molecule has 0 aromatic carbocycles. The number of carbonyl (C=O) groups is 1. The maximum Gasteiger partial charge on any atom is 0.226 e. The molecule has 0 aliphatic heterocycles. The topological polar surface area (TPSA) is 20.3 Å². The van der Waals surface area contributed by atoms with Crippen LogP contribution in [0.4, 0.5) is 0 Å². The van der Waals surface area contributed by atoms with Crippen molar-refractivity contribution < 1.29 is 4.79 Å². The lowest BCUT2D eigenvalue weighted by Crippen LogP contribution is -2.31. The van der Waals surface area contributed by atoms with Gasteiger partial charge in [-0.3, -0.25) is 4.79 Å². The van der Waals surface area contributed by atoms with Gasteiger partial charge in [-0.2, -0.15) is 0 Å². The molecular formula is C10H19NO. The summed E-state index contributed by atoms with van der Waals surface area (Å²) in [5.41, 5.74) is 0. The summed E-state index contributed by atoms with van der Waals surface area (Å²) in [5, 5.41) is 0. The van der Waals surface area contributed by atoms with Crippen molar-refractivity contribution in [2.45, 2.75) is 46.1 Å². The highest BCUT2D eigenvalue weighted by molar-refractivity contribution is 5.77. The third-order valence-corrected chi connectivity index (χ3v) is 1.79. The van der Waals surface area contributed by atoms with Crippen LogP contribution < -0.4 is 0 Å². The van der Waals surface area contributed by atoms with E-state index in [9.17, 15) is 4.79 Å². The number of rotatable bonds is 5. The smallest absolute Gasteiger partial charge is 0.226 e. The Bertz CT molecular complexity index is 152. The molecule has 0 aromatic heterocycles. The molecule has 1 amide bonds. The molecule has 0 bridgehead atoms. The van der Waals surface area contributed by atoms with Crippen molar-refractivity contribution in [1.29, 1.82) is 0 Å². The normalized spacial score (nSPS) is 10.0. The van der Waals surface area contributed by atoms with Gasteiger partial charge in [0.1, 0.15) is 0 Å². The summed E-state index contributed by atoms with van der Waals surface area (Å²) >= 11 is 0. The van der Waals surface area contributed by atoms with Crippen molar-refractivity contribution in [2.75, 3.05) is 0 Å². The number of hydrogen-bond donors (Lipinski definition) is 0. The van der Waals surface area contributed by atoms with E-state index in [1.807, 2.05) is 13.8 Å². The van der Waals surface area contributed by atoms with Crippen LogP contribution in [0.25, 0.3) is 0 Å². The average molecular weight is 169 g/mol. The quantitative estimate of drug-likeness (QED) is 0.619. The number of unbranched alkanes of at least 4 members (excludes halogenated alkanes) is 1. The third-order valence-electron chi connectivity index (χ3n) is 1.79. The van der Waals surface area contributed by atoms with Gasteiger partial charge in [-0.25, -0.2) is 0 Å². The van der Waals surface area contributed by atoms with Crippen molar-refractivity contribution >= 4 is 5.91 Å². The molecule has 0 spiro atoms. The molecule has 0 radical (unpaired) electrons. The Morgan fingerprint density at radius 3 is 2.50 bits per heavy atom. The van der Waals surface area contributed by atoms with Crippen molar-refractivity contribution in [1.82, 2.24) is 4.90 Å². The fourth-order valence-electron chi connectivity index (χ4n) is 1.06. The van der Waals surface area contributed by atoms with E-state index in [0.29, 0.717) is 6.42 Å². The van der Waals surface area contributed by atoms with Gasteiger partial charge in [0.2, 0.25) is 5.91 Å². The predicted octanol–water partition coefficient (Wildman–Crippen LogP) is 2.56. The molecule has 0 aliphatic carbocycles. The van der Waals surface area contributed by atoms with Gasteiger partial charge in [0.15, 0.2) is 0 Å². The van der Waals surface area contributed by atoms with Gasteiger partial charge in [0.25, 0.3) is 0 Å². The molecule has 0 saturated carbocycles. The first-order valence-electron chi connectivity index (χ1n) is 4.57. The average Bonchev–Trinajstić information content (AvgIpc) is 2.01. The molecular weight excluding hydrogens is 150 g/mol. The first-order valence-corrected chi connectivity index (χ1v) is 4.57. The number of carbonyl (C=O) groups excluding carboxylic acids is 1. The molecule has 2 heteroatoms. The summed E-state index contributed by atoms with van der Waals surface area (Å²) in [4.78, 5) is 13.1. The van der Waals surface area contributed by atoms with Crippen LogP contribution in [0.5, 0.6) is 0 Å². The Kier molecular flexibility index (Phi) is 5.43. The standard InChI is InChI=1S/C10H19NO/c1-5-7-8-10(12)11(6-2)9(3)4/h6,9H,2,5,7-8H2,1,3-4H3.